The largest absolute Gasteiger partial charge is 0.504 e. The molecule has 1 saturated heterocycles. The summed E-state index contributed by atoms with van der Waals surface area (Å²) in [6.07, 6.45) is 0.961. The Morgan fingerprint density at radius 2 is 2.38 bits per heavy atom. The maximum absolute atomic E-state index is 10.5. The number of phenolic OH excluding ortho intramolecular Hbond substituents is 1. The normalized spacial score (nSPS) is 18.1. The fourth-order valence-electron chi connectivity index (χ4n) is 1.27. The van der Waals surface area contributed by atoms with E-state index in [1.54, 1.807) is 0 Å². The lowest BCUT2D eigenvalue weighted by Gasteiger charge is -2.06. The van der Waals surface area contributed by atoms with E-state index in [1.165, 1.54) is 18.2 Å². The van der Waals surface area contributed by atoms with Gasteiger partial charge >= 0.3 is 0 Å². The van der Waals surface area contributed by atoms with Crippen LogP contribution in [-0.2, 0) is 4.74 Å². The van der Waals surface area contributed by atoms with Crippen molar-refractivity contribution in [3.8, 4) is 11.5 Å². The SMILES string of the molecule is O=[N+]([O-])c1ccc(O)c(OCCC2CO2)c1. The first-order chi connectivity index (χ1) is 7.66. The molecule has 0 aliphatic carbocycles. The number of epoxide rings is 1. The zero-order valence-electron chi connectivity index (χ0n) is 8.46. The number of nitro groups is 1. The number of hydrogen-bond acceptors (Lipinski definition) is 5. The number of phenols is 1. The first-order valence-corrected chi connectivity index (χ1v) is 4.88. The highest BCUT2D eigenvalue weighted by atomic mass is 16.6. The molecule has 1 aromatic rings. The summed E-state index contributed by atoms with van der Waals surface area (Å²) in [7, 11) is 0. The topological polar surface area (TPSA) is 85.1 Å². The van der Waals surface area contributed by atoms with Crippen LogP contribution in [0.25, 0.3) is 0 Å². The molecule has 0 bridgehead atoms. The van der Waals surface area contributed by atoms with E-state index < -0.39 is 4.92 Å². The molecule has 1 N–H and O–H groups in total. The third-order valence-corrected chi connectivity index (χ3v) is 2.25. The molecule has 6 heteroatoms. The molecule has 0 amide bonds. The number of nitrogens with zero attached hydrogens (tertiary/aromatic N) is 1. The van der Waals surface area contributed by atoms with E-state index in [-0.39, 0.29) is 23.3 Å². The summed E-state index contributed by atoms with van der Waals surface area (Å²) >= 11 is 0. The molecule has 1 heterocycles. The lowest BCUT2D eigenvalue weighted by molar-refractivity contribution is -0.385. The minimum absolute atomic E-state index is 0.0951. The molecule has 1 aliphatic heterocycles. The number of benzene rings is 1. The first-order valence-electron chi connectivity index (χ1n) is 4.88. The second kappa shape index (κ2) is 4.36. The average molecular weight is 225 g/mol. The highest BCUT2D eigenvalue weighted by molar-refractivity contribution is 5.47. The van der Waals surface area contributed by atoms with Crippen LogP contribution in [0, 0.1) is 10.1 Å². The van der Waals surface area contributed by atoms with E-state index in [2.05, 4.69) is 0 Å². The quantitative estimate of drug-likeness (QED) is 0.466. The molecule has 0 radical (unpaired) electrons. The van der Waals surface area contributed by atoms with Crippen molar-refractivity contribution in [1.82, 2.24) is 0 Å². The molecule has 1 atom stereocenters. The van der Waals surface area contributed by atoms with E-state index in [9.17, 15) is 15.2 Å². The Morgan fingerprint density at radius 3 is 3.00 bits per heavy atom. The molecule has 86 valence electrons. The number of aromatic hydroxyl groups is 1. The van der Waals surface area contributed by atoms with Crippen molar-refractivity contribution < 1.29 is 19.5 Å². The van der Waals surface area contributed by atoms with E-state index >= 15 is 0 Å². The Labute approximate surface area is 91.6 Å². The van der Waals surface area contributed by atoms with Gasteiger partial charge in [-0.3, -0.25) is 10.1 Å². The van der Waals surface area contributed by atoms with Gasteiger partial charge in [0.25, 0.3) is 5.69 Å². The maximum Gasteiger partial charge on any atom is 0.273 e. The third-order valence-electron chi connectivity index (χ3n) is 2.25. The van der Waals surface area contributed by atoms with Crippen LogP contribution in [-0.4, -0.2) is 29.3 Å². The number of hydrogen-bond donors (Lipinski definition) is 1. The van der Waals surface area contributed by atoms with Crippen molar-refractivity contribution in [2.75, 3.05) is 13.2 Å². The average Bonchev–Trinajstić information content (AvgIpc) is 3.04. The molecule has 0 spiro atoms. The number of ether oxygens (including phenoxy) is 2. The molecular formula is C10H11NO5. The molecule has 1 aromatic carbocycles. The van der Waals surface area contributed by atoms with Crippen molar-refractivity contribution in [2.24, 2.45) is 0 Å². The first kappa shape index (κ1) is 10.7. The standard InChI is InChI=1S/C10H11NO5/c12-9-2-1-7(11(13)14)5-10(9)15-4-3-8-6-16-8/h1-2,5,8,12H,3-4,6H2. The fraction of sp³-hybridized carbons (Fsp3) is 0.400. The molecule has 0 aromatic heterocycles. The summed E-state index contributed by atoms with van der Waals surface area (Å²) in [6, 6.07) is 3.69. The van der Waals surface area contributed by atoms with Gasteiger partial charge in [0.2, 0.25) is 0 Å². The van der Waals surface area contributed by atoms with Crippen LogP contribution in [0.5, 0.6) is 11.5 Å². The highest BCUT2D eigenvalue weighted by Gasteiger charge is 2.22. The summed E-state index contributed by atoms with van der Waals surface area (Å²) in [6.45, 7) is 1.11. The van der Waals surface area contributed by atoms with Gasteiger partial charge in [0.05, 0.1) is 30.3 Å². The number of rotatable bonds is 5. The smallest absolute Gasteiger partial charge is 0.273 e. The van der Waals surface area contributed by atoms with Crippen LogP contribution in [0.3, 0.4) is 0 Å². The van der Waals surface area contributed by atoms with E-state index in [4.69, 9.17) is 9.47 Å². The summed E-state index contributed by atoms with van der Waals surface area (Å²) in [4.78, 5) is 9.97. The highest BCUT2D eigenvalue weighted by Crippen LogP contribution is 2.30. The Balaban J connectivity index is 1.99. The third kappa shape index (κ3) is 2.60. The second-order valence-corrected chi connectivity index (χ2v) is 3.50. The Hall–Kier alpha value is -1.82. The Kier molecular flexibility index (Phi) is 2.91. The van der Waals surface area contributed by atoms with Crippen LogP contribution in [0.1, 0.15) is 6.42 Å². The van der Waals surface area contributed by atoms with Gasteiger partial charge in [-0.05, 0) is 6.07 Å². The van der Waals surface area contributed by atoms with Crippen molar-refractivity contribution in [1.29, 1.82) is 0 Å². The van der Waals surface area contributed by atoms with Crippen LogP contribution in [0.4, 0.5) is 5.69 Å². The summed E-state index contributed by atoms with van der Waals surface area (Å²) in [5.74, 6) is 0.0390. The van der Waals surface area contributed by atoms with Crippen LogP contribution in [0.15, 0.2) is 18.2 Å². The van der Waals surface area contributed by atoms with E-state index in [1.807, 2.05) is 0 Å². The Morgan fingerprint density at radius 1 is 1.62 bits per heavy atom. The van der Waals surface area contributed by atoms with Crippen molar-refractivity contribution in [2.45, 2.75) is 12.5 Å². The molecule has 16 heavy (non-hydrogen) atoms. The predicted octanol–water partition coefficient (Wildman–Crippen LogP) is 1.47. The zero-order valence-corrected chi connectivity index (χ0v) is 8.46. The Bertz CT molecular complexity index is 402. The molecule has 1 aliphatic rings. The van der Waals surface area contributed by atoms with Gasteiger partial charge in [0, 0.05) is 12.5 Å². The van der Waals surface area contributed by atoms with Crippen LogP contribution < -0.4 is 4.74 Å². The lowest BCUT2D eigenvalue weighted by Crippen LogP contribution is -2.01. The number of non-ortho nitro benzene ring substituents is 1. The predicted molar refractivity (Wildman–Crippen MR) is 54.6 cm³/mol. The van der Waals surface area contributed by atoms with Gasteiger partial charge in [-0.1, -0.05) is 0 Å². The lowest BCUT2D eigenvalue weighted by atomic mass is 10.3. The number of nitro benzene ring substituents is 1. The van der Waals surface area contributed by atoms with Gasteiger partial charge in [-0.2, -0.15) is 0 Å². The molecular weight excluding hydrogens is 214 g/mol. The monoisotopic (exact) mass is 225 g/mol. The van der Waals surface area contributed by atoms with Gasteiger partial charge in [-0.25, -0.2) is 0 Å². The van der Waals surface area contributed by atoms with Crippen LogP contribution >= 0.6 is 0 Å². The second-order valence-electron chi connectivity index (χ2n) is 3.50. The van der Waals surface area contributed by atoms with Gasteiger partial charge < -0.3 is 14.6 Å². The summed E-state index contributed by atoms with van der Waals surface area (Å²) in [5.41, 5.74) is -0.101. The van der Waals surface area contributed by atoms with E-state index in [0.29, 0.717) is 6.61 Å². The van der Waals surface area contributed by atoms with Crippen molar-refractivity contribution >= 4 is 5.69 Å². The van der Waals surface area contributed by atoms with Gasteiger partial charge in [0.1, 0.15) is 0 Å². The fourth-order valence-corrected chi connectivity index (χ4v) is 1.27. The minimum Gasteiger partial charge on any atom is -0.504 e. The maximum atomic E-state index is 10.5. The summed E-state index contributed by atoms with van der Waals surface area (Å²) < 4.78 is 10.2. The van der Waals surface area contributed by atoms with Gasteiger partial charge in [-0.15, -0.1) is 0 Å². The van der Waals surface area contributed by atoms with Crippen molar-refractivity contribution in [3.63, 3.8) is 0 Å². The van der Waals surface area contributed by atoms with Gasteiger partial charge in [0.15, 0.2) is 11.5 Å². The molecule has 1 unspecified atom stereocenters. The van der Waals surface area contributed by atoms with Crippen molar-refractivity contribution in [3.05, 3.63) is 28.3 Å². The molecule has 2 rings (SSSR count). The summed E-state index contributed by atoms with van der Waals surface area (Å²) in [5, 5.41) is 19.9. The molecule has 0 saturated carbocycles. The van der Waals surface area contributed by atoms with E-state index in [0.717, 1.165) is 13.0 Å². The zero-order chi connectivity index (χ0) is 11.5. The minimum atomic E-state index is -0.531. The van der Waals surface area contributed by atoms with Crippen LogP contribution in [0.2, 0.25) is 0 Å². The molecule has 6 nitrogen and oxygen atoms in total. The molecule has 1 fully saturated rings.